The quantitative estimate of drug-likeness (QED) is 0.342. The summed E-state index contributed by atoms with van der Waals surface area (Å²) < 4.78 is 0. The summed E-state index contributed by atoms with van der Waals surface area (Å²) in [6.45, 7) is 1.43. The monoisotopic (exact) mass is 575 g/mol. The lowest BCUT2D eigenvalue weighted by Gasteiger charge is -2.52. The molecule has 2 fully saturated rings. The standard InChI is InChI=1S/C31H33N3O8/c1-13(35)14-6-8-15(9-7-14)17-12-20(33(2)3)18-10-16-11-19-24(34(4)5)27(38)23(30(32)41)29(40)31(19,42)28(39)21(16)26(37)22(18)25(17)36/h6-9,12,16,19,21,23-24,36,42H,10-11H2,1-5H3,(H2,32,41)/t16-,19-,21?,23?,24-,31-/m0/s1. The summed E-state index contributed by atoms with van der Waals surface area (Å²) >= 11 is 0. The second-order valence-corrected chi connectivity index (χ2v) is 12.0. The zero-order valence-corrected chi connectivity index (χ0v) is 24.0. The first-order chi connectivity index (χ1) is 19.6. The zero-order valence-electron chi connectivity index (χ0n) is 24.0. The first-order valence-electron chi connectivity index (χ1n) is 13.6. The number of benzene rings is 2. The van der Waals surface area contributed by atoms with Crippen molar-refractivity contribution in [3.63, 3.8) is 0 Å². The lowest BCUT2D eigenvalue weighted by atomic mass is 9.52. The Balaban J connectivity index is 1.67. The van der Waals surface area contributed by atoms with Crippen LogP contribution in [0.2, 0.25) is 0 Å². The highest BCUT2D eigenvalue weighted by Crippen LogP contribution is 2.53. The van der Waals surface area contributed by atoms with Crippen LogP contribution in [0.25, 0.3) is 11.1 Å². The third-order valence-corrected chi connectivity index (χ3v) is 9.12. The van der Waals surface area contributed by atoms with Crippen molar-refractivity contribution >= 4 is 40.5 Å². The zero-order chi connectivity index (χ0) is 31.0. The summed E-state index contributed by atoms with van der Waals surface area (Å²) in [5.74, 6) is -11.1. The van der Waals surface area contributed by atoms with Crippen molar-refractivity contribution in [3.05, 3.63) is 47.0 Å². The van der Waals surface area contributed by atoms with E-state index in [4.69, 9.17) is 5.73 Å². The smallest absolute Gasteiger partial charge is 0.235 e. The molecule has 2 aromatic carbocycles. The molecule has 11 heteroatoms. The molecule has 2 saturated carbocycles. The number of fused-ring (bicyclic) bond motifs is 3. The molecule has 0 bridgehead atoms. The fourth-order valence-corrected chi connectivity index (χ4v) is 7.16. The summed E-state index contributed by atoms with van der Waals surface area (Å²) in [4.78, 5) is 82.1. The lowest BCUT2D eigenvalue weighted by molar-refractivity contribution is -0.181. The fraction of sp³-hybridized carbons (Fsp3) is 0.419. The highest BCUT2D eigenvalue weighted by molar-refractivity contribution is 6.32. The van der Waals surface area contributed by atoms with Crippen LogP contribution in [0.3, 0.4) is 0 Å². The van der Waals surface area contributed by atoms with E-state index in [1.165, 1.54) is 11.8 Å². The largest absolute Gasteiger partial charge is 0.507 e. The van der Waals surface area contributed by atoms with Crippen LogP contribution in [0.15, 0.2) is 30.3 Å². The Morgan fingerprint density at radius 2 is 1.62 bits per heavy atom. The summed E-state index contributed by atoms with van der Waals surface area (Å²) in [6.07, 6.45) is 0.141. The molecule has 0 spiro atoms. The normalized spacial score (nSPS) is 28.7. The molecule has 3 aliphatic rings. The highest BCUT2D eigenvalue weighted by Gasteiger charge is 2.69. The third-order valence-electron chi connectivity index (χ3n) is 9.12. The lowest BCUT2D eigenvalue weighted by Crippen LogP contribution is -2.74. The highest BCUT2D eigenvalue weighted by atomic mass is 16.3. The van der Waals surface area contributed by atoms with Crippen molar-refractivity contribution in [3.8, 4) is 16.9 Å². The fourth-order valence-electron chi connectivity index (χ4n) is 7.16. The molecule has 2 unspecified atom stereocenters. The Morgan fingerprint density at radius 3 is 2.14 bits per heavy atom. The van der Waals surface area contributed by atoms with E-state index in [-0.39, 0.29) is 29.9 Å². The second kappa shape index (κ2) is 9.95. The molecule has 220 valence electrons. The number of amides is 1. The molecule has 0 radical (unpaired) electrons. The van der Waals surface area contributed by atoms with E-state index in [0.29, 0.717) is 27.9 Å². The van der Waals surface area contributed by atoms with Crippen LogP contribution in [0, 0.1) is 23.7 Å². The topological polar surface area (TPSA) is 175 Å². The van der Waals surface area contributed by atoms with Gasteiger partial charge < -0.3 is 20.8 Å². The average molecular weight is 576 g/mol. The van der Waals surface area contributed by atoms with E-state index in [1.54, 1.807) is 63.4 Å². The number of aromatic hydroxyl groups is 1. The molecule has 0 aromatic heterocycles. The van der Waals surface area contributed by atoms with Crippen molar-refractivity contribution in [2.75, 3.05) is 33.1 Å². The maximum absolute atomic E-state index is 14.2. The van der Waals surface area contributed by atoms with Gasteiger partial charge in [-0.25, -0.2) is 0 Å². The van der Waals surface area contributed by atoms with Gasteiger partial charge in [-0.1, -0.05) is 24.3 Å². The molecule has 3 aliphatic carbocycles. The van der Waals surface area contributed by atoms with E-state index < -0.39 is 64.4 Å². The Bertz CT molecular complexity index is 1580. The van der Waals surface area contributed by atoms with Crippen molar-refractivity contribution in [2.24, 2.45) is 29.4 Å². The molecule has 2 aromatic rings. The van der Waals surface area contributed by atoms with E-state index in [0.717, 1.165) is 0 Å². The Morgan fingerprint density at radius 1 is 1.00 bits per heavy atom. The number of nitrogens with zero attached hydrogens (tertiary/aromatic N) is 2. The number of hydrogen-bond acceptors (Lipinski definition) is 10. The van der Waals surface area contributed by atoms with Crippen LogP contribution < -0.4 is 10.6 Å². The van der Waals surface area contributed by atoms with Gasteiger partial charge in [-0.15, -0.1) is 0 Å². The SMILES string of the molecule is CC(=O)c1ccc(-c2cc(N(C)C)c3c(c2O)C(=O)C2C(=O)[C@]4(O)C(=O)C(C(N)=O)C(=O)[C@@H](N(C)C)[C@@H]4C[C@@H]2C3)cc1. The molecule has 0 heterocycles. The van der Waals surface area contributed by atoms with Crippen LogP contribution in [-0.2, 0) is 25.6 Å². The van der Waals surface area contributed by atoms with Gasteiger partial charge in [0, 0.05) is 36.8 Å². The summed E-state index contributed by atoms with van der Waals surface area (Å²) in [5.41, 5.74) is 4.96. The van der Waals surface area contributed by atoms with Gasteiger partial charge >= 0.3 is 0 Å². The van der Waals surface area contributed by atoms with Crippen molar-refractivity contribution in [2.45, 2.75) is 31.4 Å². The van der Waals surface area contributed by atoms with Gasteiger partial charge in [0.25, 0.3) is 0 Å². The maximum atomic E-state index is 14.2. The van der Waals surface area contributed by atoms with E-state index in [9.17, 15) is 39.0 Å². The molecule has 11 nitrogen and oxygen atoms in total. The Hall–Kier alpha value is -4.22. The Labute approximate surface area is 242 Å². The number of rotatable bonds is 5. The predicted molar refractivity (Wildman–Crippen MR) is 151 cm³/mol. The molecular weight excluding hydrogens is 542 g/mol. The average Bonchev–Trinajstić information content (AvgIpc) is 2.90. The number of hydrogen-bond donors (Lipinski definition) is 3. The number of Topliss-reactive ketones (excluding diaryl/α,β-unsaturated/α-hetero) is 5. The van der Waals surface area contributed by atoms with Crippen LogP contribution in [0.1, 0.15) is 39.6 Å². The number of ketones is 5. The van der Waals surface area contributed by atoms with E-state index >= 15 is 0 Å². The Kier molecular flexibility index (Phi) is 6.94. The second-order valence-electron chi connectivity index (χ2n) is 12.0. The molecule has 0 aliphatic heterocycles. The molecule has 5 rings (SSSR count). The predicted octanol–water partition coefficient (Wildman–Crippen LogP) is 0.803. The minimum atomic E-state index is -2.78. The number of nitrogens with two attached hydrogens (primary N) is 1. The summed E-state index contributed by atoms with van der Waals surface area (Å²) in [6, 6.07) is 7.09. The van der Waals surface area contributed by atoms with Gasteiger partial charge in [0.1, 0.15) is 5.75 Å². The van der Waals surface area contributed by atoms with Gasteiger partial charge in [0.2, 0.25) is 5.91 Å². The molecule has 4 N–H and O–H groups in total. The summed E-state index contributed by atoms with van der Waals surface area (Å²) in [7, 11) is 6.64. The van der Waals surface area contributed by atoms with Gasteiger partial charge in [-0.05, 0) is 57.0 Å². The number of carbonyl (C=O) groups is 6. The first-order valence-corrected chi connectivity index (χ1v) is 13.6. The number of primary amides is 1. The molecule has 42 heavy (non-hydrogen) atoms. The van der Waals surface area contributed by atoms with Gasteiger partial charge in [0.15, 0.2) is 40.4 Å². The molecule has 0 saturated heterocycles. The number of aliphatic hydroxyl groups is 1. The van der Waals surface area contributed by atoms with Crippen molar-refractivity contribution in [1.82, 2.24) is 4.90 Å². The van der Waals surface area contributed by atoms with Crippen LogP contribution in [0.5, 0.6) is 5.75 Å². The van der Waals surface area contributed by atoms with Crippen molar-refractivity contribution < 1.29 is 39.0 Å². The number of phenolic OH excluding ortho intramolecular Hbond substituents is 1. The van der Waals surface area contributed by atoms with Crippen LogP contribution >= 0.6 is 0 Å². The van der Waals surface area contributed by atoms with Gasteiger partial charge in [-0.2, -0.15) is 0 Å². The van der Waals surface area contributed by atoms with Gasteiger partial charge in [-0.3, -0.25) is 33.7 Å². The first kappa shape index (κ1) is 29.3. The molecule has 6 atom stereocenters. The molecule has 1 amide bonds. The number of likely N-dealkylation sites (N-methyl/N-ethyl adjacent to an activating group) is 1. The van der Waals surface area contributed by atoms with Crippen LogP contribution in [0.4, 0.5) is 5.69 Å². The van der Waals surface area contributed by atoms with Crippen LogP contribution in [-0.4, -0.2) is 89.8 Å². The van der Waals surface area contributed by atoms with E-state index in [2.05, 4.69) is 0 Å². The number of carbonyl (C=O) groups excluding carboxylic acids is 6. The minimum Gasteiger partial charge on any atom is -0.507 e. The third kappa shape index (κ3) is 4.02. The van der Waals surface area contributed by atoms with Crippen molar-refractivity contribution in [1.29, 1.82) is 0 Å². The number of phenols is 1. The van der Waals surface area contributed by atoms with Gasteiger partial charge in [0.05, 0.1) is 17.5 Å². The molecular formula is C31H33N3O8. The number of anilines is 1. The summed E-state index contributed by atoms with van der Waals surface area (Å²) in [5, 5.41) is 23.2. The van der Waals surface area contributed by atoms with E-state index in [1.807, 2.05) is 0 Å². The minimum absolute atomic E-state index is 0.0220. The maximum Gasteiger partial charge on any atom is 0.235 e.